The molecule has 9 nitrogen and oxygen atoms in total. The lowest BCUT2D eigenvalue weighted by Crippen LogP contribution is -2.42. The van der Waals surface area contributed by atoms with Gasteiger partial charge in [0.1, 0.15) is 22.1 Å². The van der Waals surface area contributed by atoms with Gasteiger partial charge in [-0.3, -0.25) is 4.90 Å². The number of rotatable bonds is 7. The Kier molecular flexibility index (Phi) is 8.53. The number of furan rings is 1. The summed E-state index contributed by atoms with van der Waals surface area (Å²) in [6, 6.07) is 6.38. The van der Waals surface area contributed by atoms with Gasteiger partial charge in [0, 0.05) is 17.4 Å². The highest BCUT2D eigenvalue weighted by Crippen LogP contribution is 2.37. The van der Waals surface area contributed by atoms with Gasteiger partial charge in [0.15, 0.2) is 0 Å². The first kappa shape index (κ1) is 27.8. The molecule has 11 heteroatoms. The number of nitrogens with one attached hydrogen (secondary N) is 1. The van der Waals surface area contributed by atoms with Gasteiger partial charge in [-0.25, -0.2) is 14.6 Å². The van der Waals surface area contributed by atoms with Crippen molar-refractivity contribution < 1.29 is 28.6 Å². The van der Waals surface area contributed by atoms with Crippen molar-refractivity contribution in [3.8, 4) is 0 Å². The average Bonchev–Trinajstić information content (AvgIpc) is 3.37. The van der Waals surface area contributed by atoms with Crippen LogP contribution in [0.1, 0.15) is 52.2 Å². The predicted octanol–water partition coefficient (Wildman–Crippen LogP) is 5.91. The highest BCUT2D eigenvalue weighted by Gasteiger charge is 2.28. The Hall–Kier alpha value is -2.82. The molecule has 2 N–H and O–H groups in total. The van der Waals surface area contributed by atoms with Gasteiger partial charge in [0.25, 0.3) is 0 Å². The second kappa shape index (κ2) is 11.1. The average molecular weight is 538 g/mol. The third-order valence-corrected chi connectivity index (χ3v) is 6.03. The SMILES string of the molecule is CC(C)(C)OC(=O)N[C@@H](CO)Cc1cc2nc(Cl)cc(N(Cc3ccco3)C(=O)OC(C)(C)C)c2s1. The Bertz CT molecular complexity index is 1200. The fourth-order valence-electron chi connectivity index (χ4n) is 3.33. The summed E-state index contributed by atoms with van der Waals surface area (Å²) in [4.78, 5) is 32.1. The number of amides is 2. The molecule has 0 aliphatic carbocycles. The Morgan fingerprint density at radius 3 is 2.47 bits per heavy atom. The summed E-state index contributed by atoms with van der Waals surface area (Å²) in [6.07, 6.45) is 0.697. The first-order chi connectivity index (χ1) is 16.7. The summed E-state index contributed by atoms with van der Waals surface area (Å²) in [6.45, 7) is 10.5. The zero-order chi connectivity index (χ0) is 26.7. The van der Waals surface area contributed by atoms with Crippen LogP contribution in [0.5, 0.6) is 0 Å². The molecule has 0 aliphatic heterocycles. The number of hydrogen-bond donors (Lipinski definition) is 2. The molecule has 3 aromatic heterocycles. The molecule has 3 heterocycles. The van der Waals surface area contributed by atoms with E-state index in [4.69, 9.17) is 25.5 Å². The third-order valence-electron chi connectivity index (χ3n) is 4.67. The standard InChI is InChI=1S/C25H32ClN3O6S/c1-24(2,3)34-22(31)27-15(14-30)10-17-11-18-21(36-17)19(12-20(26)28-18)29(13-16-8-7-9-33-16)23(32)35-25(4,5)6/h7-9,11-12,15,30H,10,13-14H2,1-6H3,(H,27,31)/t15-/m1/s1. The topological polar surface area (TPSA) is 114 Å². The van der Waals surface area contributed by atoms with Crippen molar-refractivity contribution in [3.05, 3.63) is 46.3 Å². The normalized spacial score (nSPS) is 12.9. The second-order valence-corrected chi connectivity index (χ2v) is 11.8. The van der Waals surface area contributed by atoms with Gasteiger partial charge in [0.2, 0.25) is 0 Å². The van der Waals surface area contributed by atoms with Crippen molar-refractivity contribution in [2.45, 2.75) is 71.8 Å². The maximum absolute atomic E-state index is 13.2. The van der Waals surface area contributed by atoms with Gasteiger partial charge in [-0.1, -0.05) is 11.6 Å². The van der Waals surface area contributed by atoms with E-state index in [1.807, 2.05) is 6.07 Å². The number of ether oxygens (including phenoxy) is 2. The minimum absolute atomic E-state index is 0.129. The lowest BCUT2D eigenvalue weighted by atomic mass is 10.2. The maximum Gasteiger partial charge on any atom is 0.415 e. The summed E-state index contributed by atoms with van der Waals surface area (Å²) < 4.78 is 17.1. The monoisotopic (exact) mass is 537 g/mol. The van der Waals surface area contributed by atoms with E-state index in [9.17, 15) is 14.7 Å². The lowest BCUT2D eigenvalue weighted by molar-refractivity contribution is 0.0482. The molecule has 1 atom stereocenters. The molecule has 0 aliphatic rings. The molecule has 0 saturated carbocycles. The van der Waals surface area contributed by atoms with Gasteiger partial charge >= 0.3 is 12.2 Å². The van der Waals surface area contributed by atoms with Crippen molar-refractivity contribution in [1.82, 2.24) is 10.3 Å². The third kappa shape index (κ3) is 7.84. The zero-order valence-electron chi connectivity index (χ0n) is 21.3. The van der Waals surface area contributed by atoms with E-state index >= 15 is 0 Å². The summed E-state index contributed by atoms with van der Waals surface area (Å²) in [5, 5.41) is 12.7. The molecule has 3 aromatic rings. The first-order valence-electron chi connectivity index (χ1n) is 11.5. The van der Waals surface area contributed by atoms with E-state index in [0.29, 0.717) is 28.1 Å². The van der Waals surface area contributed by atoms with Gasteiger partial charge in [0.05, 0.1) is 41.4 Å². The van der Waals surface area contributed by atoms with E-state index < -0.39 is 29.4 Å². The van der Waals surface area contributed by atoms with Crippen LogP contribution in [0, 0.1) is 0 Å². The van der Waals surface area contributed by atoms with Crippen LogP contribution in [0.25, 0.3) is 10.2 Å². The fourth-order valence-corrected chi connectivity index (χ4v) is 4.72. The summed E-state index contributed by atoms with van der Waals surface area (Å²) in [5.41, 5.74) is -0.264. The molecule has 196 valence electrons. The Labute approximate surface area is 219 Å². The molecule has 0 fully saturated rings. The maximum atomic E-state index is 13.2. The van der Waals surface area contributed by atoms with Crippen LogP contribution in [-0.4, -0.2) is 46.1 Å². The number of halogens is 1. The Morgan fingerprint density at radius 2 is 1.89 bits per heavy atom. The van der Waals surface area contributed by atoms with Crippen molar-refractivity contribution in [1.29, 1.82) is 0 Å². The smallest absolute Gasteiger partial charge is 0.415 e. The van der Waals surface area contributed by atoms with Crippen molar-refractivity contribution in [3.63, 3.8) is 0 Å². The number of nitrogens with zero attached hydrogens (tertiary/aromatic N) is 2. The quantitative estimate of drug-likeness (QED) is 0.360. The van der Waals surface area contributed by atoms with Crippen molar-refractivity contribution >= 4 is 51.0 Å². The number of alkyl carbamates (subject to hydrolysis) is 1. The summed E-state index contributed by atoms with van der Waals surface area (Å²) >= 11 is 7.73. The van der Waals surface area contributed by atoms with Crippen LogP contribution in [0.4, 0.5) is 15.3 Å². The van der Waals surface area contributed by atoms with Crippen molar-refractivity contribution in [2.75, 3.05) is 11.5 Å². The highest BCUT2D eigenvalue weighted by molar-refractivity contribution is 7.19. The molecule has 0 aromatic carbocycles. The van der Waals surface area contributed by atoms with Gasteiger partial charge < -0.3 is 24.3 Å². The van der Waals surface area contributed by atoms with Gasteiger partial charge in [-0.05, 0) is 59.7 Å². The highest BCUT2D eigenvalue weighted by atomic mass is 35.5. The van der Waals surface area contributed by atoms with E-state index in [2.05, 4.69) is 10.3 Å². The predicted molar refractivity (Wildman–Crippen MR) is 140 cm³/mol. The molecule has 0 unspecified atom stereocenters. The minimum Gasteiger partial charge on any atom is -0.467 e. The fraction of sp³-hybridized carbons (Fsp3) is 0.480. The van der Waals surface area contributed by atoms with Gasteiger partial charge in [-0.2, -0.15) is 0 Å². The molecule has 0 saturated heterocycles. The van der Waals surface area contributed by atoms with E-state index in [0.717, 1.165) is 4.88 Å². The number of carbonyl (C=O) groups excluding carboxylic acids is 2. The largest absolute Gasteiger partial charge is 0.467 e. The molecule has 0 bridgehead atoms. The summed E-state index contributed by atoms with van der Waals surface area (Å²) in [5.74, 6) is 0.570. The van der Waals surface area contributed by atoms with Crippen LogP contribution in [-0.2, 0) is 22.4 Å². The number of pyridine rings is 1. The minimum atomic E-state index is -0.712. The zero-order valence-corrected chi connectivity index (χ0v) is 22.8. The molecular weight excluding hydrogens is 506 g/mol. The van der Waals surface area contributed by atoms with E-state index in [1.165, 1.54) is 22.5 Å². The first-order valence-corrected chi connectivity index (χ1v) is 12.7. The molecule has 0 radical (unpaired) electrons. The van der Waals surface area contributed by atoms with Crippen LogP contribution >= 0.6 is 22.9 Å². The van der Waals surface area contributed by atoms with E-state index in [-0.39, 0.29) is 18.3 Å². The number of aliphatic hydroxyl groups is 1. The van der Waals surface area contributed by atoms with Gasteiger partial charge in [-0.15, -0.1) is 11.3 Å². The number of hydrogen-bond acceptors (Lipinski definition) is 8. The molecular formula is C25H32ClN3O6S. The Balaban J connectivity index is 1.94. The number of fused-ring (bicyclic) bond motifs is 1. The lowest BCUT2D eigenvalue weighted by Gasteiger charge is -2.27. The molecule has 36 heavy (non-hydrogen) atoms. The van der Waals surface area contributed by atoms with Crippen LogP contribution in [0.15, 0.2) is 34.9 Å². The van der Waals surface area contributed by atoms with Crippen LogP contribution in [0.2, 0.25) is 5.15 Å². The van der Waals surface area contributed by atoms with Crippen LogP contribution in [0.3, 0.4) is 0 Å². The molecule has 3 rings (SSSR count). The number of anilines is 1. The second-order valence-electron chi connectivity index (χ2n) is 10.3. The number of aromatic nitrogens is 1. The van der Waals surface area contributed by atoms with Crippen molar-refractivity contribution in [2.24, 2.45) is 0 Å². The van der Waals surface area contributed by atoms with E-state index in [1.54, 1.807) is 59.7 Å². The summed E-state index contributed by atoms with van der Waals surface area (Å²) in [7, 11) is 0. The molecule has 2 amide bonds. The Morgan fingerprint density at radius 1 is 1.19 bits per heavy atom. The van der Waals surface area contributed by atoms with Crippen LogP contribution < -0.4 is 10.2 Å². The molecule has 0 spiro atoms. The number of carbonyl (C=O) groups is 2. The number of aliphatic hydroxyl groups excluding tert-OH is 1. The number of thiophene rings is 1.